The second-order valence-electron chi connectivity index (χ2n) is 6.02. The topological polar surface area (TPSA) is 119 Å². The predicted molar refractivity (Wildman–Crippen MR) is 91.7 cm³/mol. The molecule has 2 aromatic rings. The third-order valence-electron chi connectivity index (χ3n) is 3.63. The van der Waals surface area contributed by atoms with Gasteiger partial charge in [-0.05, 0) is 17.5 Å². The molecule has 2 aromatic carbocycles. The van der Waals surface area contributed by atoms with Crippen molar-refractivity contribution in [3.8, 4) is 0 Å². The number of cyclic esters (lactones) is 2. The highest BCUT2D eigenvalue weighted by Gasteiger charge is 2.39. The van der Waals surface area contributed by atoms with Crippen LogP contribution in [0.1, 0.15) is 13.8 Å². The van der Waals surface area contributed by atoms with Crippen molar-refractivity contribution in [3.63, 3.8) is 0 Å². The number of benzene rings is 2. The largest absolute Gasteiger partial charge is 0.419 e. The second kappa shape index (κ2) is 6.11. The van der Waals surface area contributed by atoms with Gasteiger partial charge in [-0.25, -0.2) is 9.59 Å². The van der Waals surface area contributed by atoms with E-state index >= 15 is 0 Å². The van der Waals surface area contributed by atoms with Crippen molar-refractivity contribution in [2.45, 2.75) is 24.5 Å². The van der Waals surface area contributed by atoms with E-state index in [1.165, 1.54) is 32.0 Å². The predicted octanol–water partition coefficient (Wildman–Crippen LogP) is 2.22. The number of rotatable bonds is 3. The van der Waals surface area contributed by atoms with Gasteiger partial charge in [0.2, 0.25) is 0 Å². The Bertz CT molecular complexity index is 1030. The number of carbonyl (C=O) groups is 2. The lowest BCUT2D eigenvalue weighted by molar-refractivity contribution is -0.222. The Morgan fingerprint density at radius 2 is 1.62 bits per heavy atom. The molecule has 0 saturated carbocycles. The number of nitrogens with one attached hydrogen (secondary N) is 1. The summed E-state index contributed by atoms with van der Waals surface area (Å²) >= 11 is 0. The molecule has 0 aromatic heterocycles. The molecule has 1 aliphatic rings. The van der Waals surface area contributed by atoms with E-state index < -0.39 is 27.8 Å². The van der Waals surface area contributed by atoms with Gasteiger partial charge in [-0.1, -0.05) is 24.3 Å². The summed E-state index contributed by atoms with van der Waals surface area (Å²) in [4.78, 5) is 23.6. The van der Waals surface area contributed by atoms with Crippen LogP contribution in [0.3, 0.4) is 0 Å². The fraction of sp³-hybridized carbons (Fsp3) is 0.176. The maximum absolute atomic E-state index is 12.0. The molecule has 0 bridgehead atoms. The number of hydrogen-bond acceptors (Lipinski definition) is 7. The molecule has 1 fully saturated rings. The first-order valence-electron chi connectivity index (χ1n) is 7.51. The van der Waals surface area contributed by atoms with E-state index in [2.05, 4.69) is 5.32 Å². The van der Waals surface area contributed by atoms with Crippen LogP contribution in [0.4, 0.5) is 5.69 Å². The number of ether oxygens (including phenoxy) is 2. The number of hydrogen-bond donors (Lipinski definition) is 2. The summed E-state index contributed by atoms with van der Waals surface area (Å²) in [6.07, 6.45) is 1.08. The van der Waals surface area contributed by atoms with Crippen molar-refractivity contribution in [1.29, 1.82) is 0 Å². The first kappa shape index (κ1) is 17.9. The summed E-state index contributed by atoms with van der Waals surface area (Å²) in [5.41, 5.74) is -0.0978. The third-order valence-corrected chi connectivity index (χ3v) is 4.53. The Hall–Kier alpha value is -2.91. The molecule has 0 radical (unpaired) electrons. The molecule has 0 aliphatic carbocycles. The number of carbonyl (C=O) groups excluding carboxylic acids is 2. The van der Waals surface area contributed by atoms with Crippen molar-refractivity contribution < 1.29 is 32.0 Å². The highest BCUT2D eigenvalue weighted by molar-refractivity contribution is 7.86. The Kier molecular flexibility index (Phi) is 4.21. The first-order chi connectivity index (χ1) is 12.1. The lowest BCUT2D eigenvalue weighted by atomic mass is 10.1. The van der Waals surface area contributed by atoms with Crippen molar-refractivity contribution >= 4 is 38.5 Å². The molecule has 1 saturated heterocycles. The van der Waals surface area contributed by atoms with Gasteiger partial charge < -0.3 is 14.8 Å². The van der Waals surface area contributed by atoms with E-state index in [-0.39, 0.29) is 21.5 Å². The minimum absolute atomic E-state index is 0.215. The van der Waals surface area contributed by atoms with Crippen molar-refractivity contribution in [2.75, 3.05) is 5.32 Å². The van der Waals surface area contributed by atoms with E-state index in [1.54, 1.807) is 18.2 Å². The van der Waals surface area contributed by atoms with Crippen LogP contribution in [0.25, 0.3) is 10.8 Å². The van der Waals surface area contributed by atoms with Crippen LogP contribution in [0.5, 0.6) is 0 Å². The molecule has 136 valence electrons. The smallest absolute Gasteiger partial charge is 0.350 e. The molecule has 1 heterocycles. The van der Waals surface area contributed by atoms with E-state index in [0.29, 0.717) is 5.39 Å². The standard InChI is InChI=1S/C17H15NO7S/c1-17(2)24-15(19)11(16(20)25-17)9-18-12-7-3-5-10-6-4-8-13(14(10)12)26(21,22)23/h3-9,18H,1-2H3,(H,21,22,23). The summed E-state index contributed by atoms with van der Waals surface area (Å²) in [6.45, 7) is 2.85. The average Bonchev–Trinajstić information content (AvgIpc) is 2.51. The molecule has 9 heteroatoms. The van der Waals surface area contributed by atoms with Crippen LogP contribution in [0.2, 0.25) is 0 Å². The van der Waals surface area contributed by atoms with Crippen LogP contribution in [0, 0.1) is 0 Å². The van der Waals surface area contributed by atoms with Gasteiger partial charge in [0.25, 0.3) is 15.9 Å². The Morgan fingerprint density at radius 1 is 1.04 bits per heavy atom. The molecule has 0 unspecified atom stereocenters. The van der Waals surface area contributed by atoms with E-state index in [4.69, 9.17) is 9.47 Å². The molecule has 0 amide bonds. The molecule has 1 aliphatic heterocycles. The van der Waals surface area contributed by atoms with E-state index in [1.807, 2.05) is 0 Å². The normalized spacial score (nSPS) is 16.8. The first-order valence-corrected chi connectivity index (χ1v) is 8.95. The lowest BCUT2D eigenvalue weighted by Gasteiger charge is -2.29. The van der Waals surface area contributed by atoms with Crippen molar-refractivity contribution in [3.05, 3.63) is 48.2 Å². The Labute approximate surface area is 149 Å². The molecule has 0 atom stereocenters. The minimum atomic E-state index is -4.48. The third kappa shape index (κ3) is 3.39. The molecule has 3 rings (SSSR count). The van der Waals surface area contributed by atoms with Gasteiger partial charge in [0.05, 0.1) is 0 Å². The Balaban J connectivity index is 2.05. The summed E-state index contributed by atoms with van der Waals surface area (Å²) in [7, 11) is -4.48. The highest BCUT2D eigenvalue weighted by atomic mass is 32.2. The van der Waals surface area contributed by atoms with Gasteiger partial charge in [-0.15, -0.1) is 0 Å². The number of esters is 2. The zero-order valence-electron chi connectivity index (χ0n) is 13.8. The quantitative estimate of drug-likeness (QED) is 0.362. The minimum Gasteiger partial charge on any atom is -0.419 e. The van der Waals surface area contributed by atoms with Gasteiger partial charge in [0.15, 0.2) is 5.57 Å². The highest BCUT2D eigenvalue weighted by Crippen LogP contribution is 2.30. The summed E-state index contributed by atoms with van der Waals surface area (Å²) in [6, 6.07) is 9.25. The molecule has 0 spiro atoms. The summed E-state index contributed by atoms with van der Waals surface area (Å²) < 4.78 is 42.7. The monoisotopic (exact) mass is 377 g/mol. The van der Waals surface area contributed by atoms with Crippen LogP contribution < -0.4 is 5.32 Å². The van der Waals surface area contributed by atoms with E-state index in [9.17, 15) is 22.6 Å². The molecular weight excluding hydrogens is 362 g/mol. The fourth-order valence-electron chi connectivity index (χ4n) is 2.57. The van der Waals surface area contributed by atoms with E-state index in [0.717, 1.165) is 6.20 Å². The average molecular weight is 377 g/mol. The second-order valence-corrected chi connectivity index (χ2v) is 7.41. The molecular formula is C17H15NO7S. The SMILES string of the molecule is CC1(C)OC(=O)C(=CNc2cccc3cccc(S(=O)(=O)O)c23)C(=O)O1. The van der Waals surface area contributed by atoms with Gasteiger partial charge >= 0.3 is 11.9 Å². The zero-order chi connectivity index (χ0) is 19.1. The van der Waals surface area contributed by atoms with Crippen LogP contribution in [-0.4, -0.2) is 30.7 Å². The van der Waals surface area contributed by atoms with Crippen molar-refractivity contribution in [1.82, 2.24) is 0 Å². The van der Waals surface area contributed by atoms with Gasteiger partial charge in [-0.3, -0.25) is 4.55 Å². The fourth-order valence-corrected chi connectivity index (χ4v) is 3.31. The lowest BCUT2D eigenvalue weighted by Crippen LogP contribution is -2.42. The maximum Gasteiger partial charge on any atom is 0.350 e. The maximum atomic E-state index is 12.0. The summed E-state index contributed by atoms with van der Waals surface area (Å²) in [5, 5.41) is 3.47. The number of anilines is 1. The van der Waals surface area contributed by atoms with Crippen LogP contribution >= 0.6 is 0 Å². The molecule has 8 nitrogen and oxygen atoms in total. The van der Waals surface area contributed by atoms with Crippen LogP contribution in [0.15, 0.2) is 53.1 Å². The number of fused-ring (bicyclic) bond motifs is 1. The Morgan fingerprint density at radius 3 is 2.19 bits per heavy atom. The molecule has 26 heavy (non-hydrogen) atoms. The zero-order valence-corrected chi connectivity index (χ0v) is 14.7. The van der Waals surface area contributed by atoms with Gasteiger partial charge in [0, 0.05) is 31.1 Å². The molecule has 2 N–H and O–H groups in total. The van der Waals surface area contributed by atoms with Gasteiger partial charge in [0.1, 0.15) is 4.90 Å². The summed E-state index contributed by atoms with van der Waals surface area (Å²) in [5.74, 6) is -3.09. The van der Waals surface area contributed by atoms with Crippen molar-refractivity contribution in [2.24, 2.45) is 0 Å². The van der Waals surface area contributed by atoms with Gasteiger partial charge in [-0.2, -0.15) is 8.42 Å². The van der Waals surface area contributed by atoms with Crippen LogP contribution in [-0.2, 0) is 29.2 Å².